The second-order valence-electron chi connectivity index (χ2n) is 4.89. The Kier molecular flexibility index (Phi) is 3.97. The molecule has 1 aliphatic carbocycles. The van der Waals surface area contributed by atoms with Crippen LogP contribution in [0.5, 0.6) is 0 Å². The van der Waals surface area contributed by atoms with E-state index in [0.29, 0.717) is 17.9 Å². The first-order valence-electron chi connectivity index (χ1n) is 6.65. The molecule has 1 aromatic carbocycles. The van der Waals surface area contributed by atoms with E-state index in [1.807, 2.05) is 12.1 Å². The van der Waals surface area contributed by atoms with Crippen LogP contribution in [-0.2, 0) is 0 Å². The van der Waals surface area contributed by atoms with Crippen LogP contribution in [0.15, 0.2) is 24.3 Å². The maximum Gasteiger partial charge on any atom is 0.272 e. The highest BCUT2D eigenvalue weighted by molar-refractivity contribution is 5.44. The van der Waals surface area contributed by atoms with Crippen LogP contribution in [0.25, 0.3) is 0 Å². The van der Waals surface area contributed by atoms with E-state index < -0.39 is 0 Å². The molecule has 1 N–H and O–H groups in total. The van der Waals surface area contributed by atoms with Crippen molar-refractivity contribution in [2.45, 2.75) is 38.6 Å². The minimum atomic E-state index is -0.261. The summed E-state index contributed by atoms with van der Waals surface area (Å²) in [4.78, 5) is 10.8. The molecule has 4 heteroatoms. The molecular formula is C14H20N2O2. The van der Waals surface area contributed by atoms with E-state index in [9.17, 15) is 10.1 Å². The Balaban J connectivity index is 2.20. The molecule has 1 saturated carbocycles. The third kappa shape index (κ3) is 2.25. The Morgan fingerprint density at radius 2 is 2.11 bits per heavy atom. The fourth-order valence-electron chi connectivity index (χ4n) is 3.10. The summed E-state index contributed by atoms with van der Waals surface area (Å²) in [6.07, 6.45) is 2.07. The number of para-hydroxylation sites is 1. The van der Waals surface area contributed by atoms with Gasteiger partial charge >= 0.3 is 0 Å². The van der Waals surface area contributed by atoms with Crippen molar-refractivity contribution in [1.29, 1.82) is 0 Å². The Labute approximate surface area is 108 Å². The van der Waals surface area contributed by atoms with Crippen molar-refractivity contribution in [2.24, 2.45) is 5.92 Å². The Bertz CT molecular complexity index is 434. The van der Waals surface area contributed by atoms with Crippen molar-refractivity contribution in [3.63, 3.8) is 0 Å². The van der Waals surface area contributed by atoms with Gasteiger partial charge in [0.1, 0.15) is 0 Å². The van der Waals surface area contributed by atoms with Crippen molar-refractivity contribution in [2.75, 3.05) is 6.54 Å². The zero-order chi connectivity index (χ0) is 13.1. The van der Waals surface area contributed by atoms with Crippen molar-refractivity contribution >= 4 is 5.69 Å². The highest BCUT2D eigenvalue weighted by atomic mass is 16.6. The molecule has 3 atom stereocenters. The van der Waals surface area contributed by atoms with Gasteiger partial charge in [0, 0.05) is 17.7 Å². The van der Waals surface area contributed by atoms with Crippen molar-refractivity contribution in [3.8, 4) is 0 Å². The third-order valence-electron chi connectivity index (χ3n) is 4.01. The average molecular weight is 248 g/mol. The van der Waals surface area contributed by atoms with Gasteiger partial charge < -0.3 is 5.32 Å². The molecule has 4 nitrogen and oxygen atoms in total. The van der Waals surface area contributed by atoms with Crippen LogP contribution >= 0.6 is 0 Å². The zero-order valence-corrected chi connectivity index (χ0v) is 10.9. The van der Waals surface area contributed by atoms with E-state index >= 15 is 0 Å². The monoisotopic (exact) mass is 248 g/mol. The second-order valence-corrected chi connectivity index (χ2v) is 4.89. The third-order valence-corrected chi connectivity index (χ3v) is 4.01. The fourth-order valence-corrected chi connectivity index (χ4v) is 3.10. The molecule has 0 amide bonds. The second kappa shape index (κ2) is 5.48. The molecule has 1 fully saturated rings. The summed E-state index contributed by atoms with van der Waals surface area (Å²) in [6, 6.07) is 7.68. The number of nitrogens with one attached hydrogen (secondary N) is 1. The lowest BCUT2D eigenvalue weighted by molar-refractivity contribution is -0.386. The molecule has 0 spiro atoms. The summed E-state index contributed by atoms with van der Waals surface area (Å²) in [5.41, 5.74) is 1.18. The molecule has 0 aliphatic heterocycles. The molecule has 0 heterocycles. The van der Waals surface area contributed by atoms with Crippen LogP contribution in [0.4, 0.5) is 5.69 Å². The molecular weight excluding hydrogens is 228 g/mol. The molecule has 0 radical (unpaired) electrons. The van der Waals surface area contributed by atoms with Gasteiger partial charge in [-0.2, -0.15) is 0 Å². The van der Waals surface area contributed by atoms with E-state index in [1.54, 1.807) is 12.1 Å². The number of nitro groups is 1. The molecule has 18 heavy (non-hydrogen) atoms. The van der Waals surface area contributed by atoms with Crippen molar-refractivity contribution in [1.82, 2.24) is 5.32 Å². The fraction of sp³-hybridized carbons (Fsp3) is 0.571. The number of hydrogen-bond donors (Lipinski definition) is 1. The SMILES string of the molecule is CCNC1CC(c2ccccc2[N+](=O)[O-])C1CC. The van der Waals surface area contributed by atoms with Crippen molar-refractivity contribution < 1.29 is 4.92 Å². The molecule has 1 aromatic rings. The normalized spacial score (nSPS) is 26.7. The molecule has 3 unspecified atom stereocenters. The number of nitrogens with zero attached hydrogens (tertiary/aromatic N) is 1. The largest absolute Gasteiger partial charge is 0.314 e. The Hall–Kier alpha value is -1.42. The van der Waals surface area contributed by atoms with E-state index in [2.05, 4.69) is 19.2 Å². The Morgan fingerprint density at radius 1 is 1.39 bits per heavy atom. The average Bonchev–Trinajstić information content (AvgIpc) is 2.34. The first-order valence-corrected chi connectivity index (χ1v) is 6.65. The zero-order valence-electron chi connectivity index (χ0n) is 10.9. The quantitative estimate of drug-likeness (QED) is 0.643. The predicted octanol–water partition coefficient (Wildman–Crippen LogP) is 3.09. The van der Waals surface area contributed by atoms with Crippen LogP contribution in [0.2, 0.25) is 0 Å². The summed E-state index contributed by atoms with van der Waals surface area (Å²) in [5.74, 6) is 0.853. The van der Waals surface area contributed by atoms with E-state index in [0.717, 1.165) is 24.9 Å². The summed E-state index contributed by atoms with van der Waals surface area (Å²) in [5, 5.41) is 14.5. The van der Waals surface area contributed by atoms with Gasteiger partial charge in [0.25, 0.3) is 5.69 Å². The van der Waals surface area contributed by atoms with Gasteiger partial charge in [0.05, 0.1) is 4.92 Å². The molecule has 98 valence electrons. The molecule has 2 rings (SSSR count). The number of nitro benzene ring substituents is 1. The number of rotatable bonds is 5. The molecule has 0 aromatic heterocycles. The van der Waals surface area contributed by atoms with E-state index in [1.165, 1.54) is 0 Å². The summed E-state index contributed by atoms with van der Waals surface area (Å²) >= 11 is 0. The predicted molar refractivity (Wildman–Crippen MR) is 71.7 cm³/mol. The lowest BCUT2D eigenvalue weighted by Crippen LogP contribution is -2.48. The maximum atomic E-state index is 11.1. The minimum absolute atomic E-state index is 0.261. The maximum absolute atomic E-state index is 11.1. The van der Waals surface area contributed by atoms with Crippen LogP contribution in [0, 0.1) is 16.0 Å². The standard InChI is InChI=1S/C14H20N2O2/c1-3-10-12(9-13(10)15-4-2)11-7-5-6-8-14(11)16(17)18/h5-8,10,12-13,15H,3-4,9H2,1-2H3. The molecule has 1 aliphatic rings. The highest BCUT2D eigenvalue weighted by Crippen LogP contribution is 2.47. The highest BCUT2D eigenvalue weighted by Gasteiger charge is 2.42. The van der Waals surface area contributed by atoms with E-state index in [-0.39, 0.29) is 10.6 Å². The van der Waals surface area contributed by atoms with Gasteiger partial charge in [0.15, 0.2) is 0 Å². The topological polar surface area (TPSA) is 55.2 Å². The lowest BCUT2D eigenvalue weighted by atomic mass is 9.64. The first kappa shape index (κ1) is 13.0. The summed E-state index contributed by atoms with van der Waals surface area (Å²) < 4.78 is 0. The summed E-state index contributed by atoms with van der Waals surface area (Å²) in [6.45, 7) is 5.23. The Morgan fingerprint density at radius 3 is 2.72 bits per heavy atom. The van der Waals surface area contributed by atoms with Gasteiger partial charge in [-0.3, -0.25) is 10.1 Å². The smallest absolute Gasteiger partial charge is 0.272 e. The van der Waals surface area contributed by atoms with Crippen LogP contribution in [0.3, 0.4) is 0 Å². The number of benzene rings is 1. The van der Waals surface area contributed by atoms with Crippen LogP contribution in [-0.4, -0.2) is 17.5 Å². The first-order chi connectivity index (χ1) is 8.69. The van der Waals surface area contributed by atoms with Crippen molar-refractivity contribution in [3.05, 3.63) is 39.9 Å². The van der Waals surface area contributed by atoms with Gasteiger partial charge in [0.2, 0.25) is 0 Å². The molecule has 0 bridgehead atoms. The van der Waals surface area contributed by atoms with Gasteiger partial charge in [-0.05, 0) is 24.8 Å². The lowest BCUT2D eigenvalue weighted by Gasteiger charge is -2.45. The van der Waals surface area contributed by atoms with Gasteiger partial charge in [-0.1, -0.05) is 38.5 Å². The van der Waals surface area contributed by atoms with Crippen LogP contribution < -0.4 is 5.32 Å². The van der Waals surface area contributed by atoms with Gasteiger partial charge in [-0.15, -0.1) is 0 Å². The van der Waals surface area contributed by atoms with Crippen LogP contribution in [0.1, 0.15) is 38.2 Å². The minimum Gasteiger partial charge on any atom is -0.314 e. The van der Waals surface area contributed by atoms with Gasteiger partial charge in [-0.25, -0.2) is 0 Å². The molecule has 0 saturated heterocycles. The summed E-state index contributed by atoms with van der Waals surface area (Å²) in [7, 11) is 0. The number of hydrogen-bond acceptors (Lipinski definition) is 3. The van der Waals surface area contributed by atoms with E-state index in [4.69, 9.17) is 0 Å².